The lowest BCUT2D eigenvalue weighted by atomic mass is 10.0. The Bertz CT molecular complexity index is 721. The zero-order valence-electron chi connectivity index (χ0n) is 12.3. The van der Waals surface area contributed by atoms with Crippen LogP contribution in [-0.2, 0) is 4.79 Å². The van der Waals surface area contributed by atoms with Crippen molar-refractivity contribution in [2.75, 3.05) is 18.4 Å². The number of rotatable bonds is 2. The molecule has 3 amide bonds. The average molecular weight is 313 g/mol. The van der Waals surface area contributed by atoms with E-state index in [1.165, 1.54) is 23.1 Å². The molecular weight excluding hydrogens is 297 g/mol. The first-order valence-corrected chi connectivity index (χ1v) is 7.31. The predicted octanol–water partition coefficient (Wildman–Crippen LogP) is 2.53. The summed E-state index contributed by atoms with van der Waals surface area (Å²) in [5.41, 5.74) is 1.09. The maximum atomic E-state index is 13.2. The summed E-state index contributed by atoms with van der Waals surface area (Å²) in [6, 6.07) is 13.6. The lowest BCUT2D eigenvalue weighted by molar-refractivity contribution is -0.127. The first-order valence-electron chi connectivity index (χ1n) is 7.31. The van der Waals surface area contributed by atoms with Crippen LogP contribution in [0.1, 0.15) is 11.6 Å². The smallest absolute Gasteiger partial charge is 0.322 e. The Labute approximate surface area is 133 Å². The third-order valence-electron chi connectivity index (χ3n) is 3.66. The van der Waals surface area contributed by atoms with Crippen LogP contribution in [0.25, 0.3) is 0 Å². The third kappa shape index (κ3) is 3.31. The molecule has 0 unspecified atom stereocenters. The number of anilines is 1. The second kappa shape index (κ2) is 6.48. The molecular formula is C17H16FN3O2. The van der Waals surface area contributed by atoms with Crippen molar-refractivity contribution in [1.29, 1.82) is 0 Å². The Kier molecular flexibility index (Phi) is 4.23. The topological polar surface area (TPSA) is 61.4 Å². The van der Waals surface area contributed by atoms with Gasteiger partial charge in [0.05, 0.1) is 0 Å². The highest BCUT2D eigenvalue weighted by atomic mass is 19.1. The summed E-state index contributed by atoms with van der Waals surface area (Å²) in [5.74, 6) is -0.657. The maximum absolute atomic E-state index is 13.2. The normalized spacial score (nSPS) is 17.5. The molecule has 0 aliphatic carbocycles. The Morgan fingerprint density at radius 2 is 1.96 bits per heavy atom. The molecule has 0 bridgehead atoms. The summed E-state index contributed by atoms with van der Waals surface area (Å²) in [4.78, 5) is 26.2. The van der Waals surface area contributed by atoms with Crippen LogP contribution in [0.4, 0.5) is 14.9 Å². The molecule has 1 aliphatic rings. The zero-order chi connectivity index (χ0) is 16.2. The molecule has 1 aliphatic heterocycles. The van der Waals surface area contributed by atoms with Crippen LogP contribution in [0.3, 0.4) is 0 Å². The Hall–Kier alpha value is -2.89. The summed E-state index contributed by atoms with van der Waals surface area (Å²) in [7, 11) is 0. The number of carbonyl (C=O) groups excluding carboxylic acids is 2. The van der Waals surface area contributed by atoms with Gasteiger partial charge >= 0.3 is 6.03 Å². The molecule has 118 valence electrons. The second-order valence-electron chi connectivity index (χ2n) is 5.24. The lowest BCUT2D eigenvalue weighted by Gasteiger charge is -2.35. The third-order valence-corrected chi connectivity index (χ3v) is 3.66. The van der Waals surface area contributed by atoms with Crippen LogP contribution in [0, 0.1) is 5.82 Å². The van der Waals surface area contributed by atoms with Gasteiger partial charge in [-0.05, 0) is 23.8 Å². The van der Waals surface area contributed by atoms with E-state index >= 15 is 0 Å². The van der Waals surface area contributed by atoms with E-state index in [1.807, 2.05) is 18.2 Å². The molecule has 1 atom stereocenters. The molecule has 2 aromatic carbocycles. The van der Waals surface area contributed by atoms with Gasteiger partial charge in [-0.2, -0.15) is 0 Å². The summed E-state index contributed by atoms with van der Waals surface area (Å²) in [6.07, 6.45) is 0. The Morgan fingerprint density at radius 3 is 2.70 bits per heavy atom. The van der Waals surface area contributed by atoms with Crippen LogP contribution in [-0.4, -0.2) is 29.9 Å². The number of nitrogens with zero attached hydrogens (tertiary/aromatic N) is 1. The Balaban J connectivity index is 1.83. The molecule has 1 fully saturated rings. The maximum Gasteiger partial charge on any atom is 0.322 e. The van der Waals surface area contributed by atoms with Crippen molar-refractivity contribution in [1.82, 2.24) is 10.2 Å². The number of amides is 3. The quantitative estimate of drug-likeness (QED) is 0.895. The molecule has 0 spiro atoms. The fourth-order valence-electron chi connectivity index (χ4n) is 2.61. The molecule has 0 radical (unpaired) electrons. The van der Waals surface area contributed by atoms with Crippen molar-refractivity contribution >= 4 is 17.6 Å². The van der Waals surface area contributed by atoms with Crippen molar-refractivity contribution in [2.24, 2.45) is 0 Å². The van der Waals surface area contributed by atoms with Gasteiger partial charge in [0.2, 0.25) is 5.91 Å². The standard InChI is InChI=1S/C17H16FN3O2/c18-13-7-4-8-14(11-13)20-17(23)21-10-9-19-16(22)15(21)12-5-2-1-3-6-12/h1-8,11,15H,9-10H2,(H,19,22)(H,20,23)/t15-/m0/s1. The summed E-state index contributed by atoms with van der Waals surface area (Å²) < 4.78 is 13.2. The molecule has 2 aromatic rings. The van der Waals surface area contributed by atoms with Gasteiger partial charge in [-0.15, -0.1) is 0 Å². The molecule has 0 aromatic heterocycles. The van der Waals surface area contributed by atoms with E-state index in [-0.39, 0.29) is 5.91 Å². The highest BCUT2D eigenvalue weighted by Gasteiger charge is 2.34. The summed E-state index contributed by atoms with van der Waals surface area (Å²) in [6.45, 7) is 0.769. The number of carbonyl (C=O) groups is 2. The van der Waals surface area contributed by atoms with Gasteiger partial charge in [0.25, 0.3) is 0 Å². The second-order valence-corrected chi connectivity index (χ2v) is 5.24. The van der Waals surface area contributed by atoms with E-state index in [4.69, 9.17) is 0 Å². The number of benzene rings is 2. The van der Waals surface area contributed by atoms with Crippen molar-refractivity contribution in [3.8, 4) is 0 Å². The van der Waals surface area contributed by atoms with E-state index in [1.54, 1.807) is 18.2 Å². The fraction of sp³-hybridized carbons (Fsp3) is 0.176. The number of urea groups is 1. The average Bonchev–Trinajstić information content (AvgIpc) is 2.55. The van der Waals surface area contributed by atoms with Gasteiger partial charge < -0.3 is 15.5 Å². The molecule has 3 rings (SSSR count). The van der Waals surface area contributed by atoms with Crippen LogP contribution in [0.2, 0.25) is 0 Å². The van der Waals surface area contributed by atoms with Gasteiger partial charge in [0.15, 0.2) is 0 Å². The Morgan fingerprint density at radius 1 is 1.17 bits per heavy atom. The lowest BCUT2D eigenvalue weighted by Crippen LogP contribution is -2.53. The summed E-state index contributed by atoms with van der Waals surface area (Å²) in [5, 5.41) is 5.41. The number of hydrogen-bond donors (Lipinski definition) is 2. The van der Waals surface area contributed by atoms with E-state index in [0.29, 0.717) is 18.8 Å². The van der Waals surface area contributed by atoms with Gasteiger partial charge in [0, 0.05) is 18.8 Å². The van der Waals surface area contributed by atoms with Crippen molar-refractivity contribution in [2.45, 2.75) is 6.04 Å². The highest BCUT2D eigenvalue weighted by molar-refractivity contribution is 5.95. The van der Waals surface area contributed by atoms with Gasteiger partial charge in [-0.3, -0.25) is 4.79 Å². The van der Waals surface area contributed by atoms with Gasteiger partial charge in [-0.1, -0.05) is 36.4 Å². The SMILES string of the molecule is O=C1NCCN(C(=O)Nc2cccc(F)c2)[C@H]1c1ccccc1. The van der Waals surface area contributed by atoms with E-state index < -0.39 is 17.9 Å². The first-order chi connectivity index (χ1) is 11.1. The van der Waals surface area contributed by atoms with E-state index in [0.717, 1.165) is 5.56 Å². The van der Waals surface area contributed by atoms with E-state index in [2.05, 4.69) is 10.6 Å². The number of halogens is 1. The summed E-state index contributed by atoms with van der Waals surface area (Å²) >= 11 is 0. The van der Waals surface area contributed by atoms with Crippen LogP contribution in [0.5, 0.6) is 0 Å². The fourth-order valence-corrected chi connectivity index (χ4v) is 2.61. The zero-order valence-corrected chi connectivity index (χ0v) is 12.3. The van der Waals surface area contributed by atoms with Gasteiger partial charge in [0.1, 0.15) is 11.9 Å². The molecule has 1 saturated heterocycles. The molecule has 5 nitrogen and oxygen atoms in total. The minimum absolute atomic E-state index is 0.225. The minimum Gasteiger partial charge on any atom is -0.352 e. The molecule has 23 heavy (non-hydrogen) atoms. The number of nitrogens with one attached hydrogen (secondary N) is 2. The van der Waals surface area contributed by atoms with Crippen molar-refractivity contribution in [3.63, 3.8) is 0 Å². The van der Waals surface area contributed by atoms with Gasteiger partial charge in [-0.25, -0.2) is 9.18 Å². The van der Waals surface area contributed by atoms with Crippen LogP contribution in [0.15, 0.2) is 54.6 Å². The van der Waals surface area contributed by atoms with Crippen molar-refractivity contribution < 1.29 is 14.0 Å². The largest absolute Gasteiger partial charge is 0.352 e. The molecule has 6 heteroatoms. The molecule has 2 N–H and O–H groups in total. The first kappa shape index (κ1) is 15.0. The van der Waals surface area contributed by atoms with Crippen LogP contribution < -0.4 is 10.6 Å². The molecule has 0 saturated carbocycles. The molecule has 1 heterocycles. The van der Waals surface area contributed by atoms with E-state index in [9.17, 15) is 14.0 Å². The monoisotopic (exact) mass is 313 g/mol. The minimum atomic E-state index is -0.696. The highest BCUT2D eigenvalue weighted by Crippen LogP contribution is 2.24. The predicted molar refractivity (Wildman–Crippen MR) is 84.3 cm³/mol. The number of hydrogen-bond acceptors (Lipinski definition) is 2. The number of piperazine rings is 1. The van der Waals surface area contributed by atoms with Crippen molar-refractivity contribution in [3.05, 3.63) is 66.0 Å². The van der Waals surface area contributed by atoms with Crippen LogP contribution >= 0.6 is 0 Å².